The highest BCUT2D eigenvalue weighted by atomic mass is 35.5. The lowest BCUT2D eigenvalue weighted by molar-refractivity contribution is 0.108. The molecule has 0 aliphatic heterocycles. The molecule has 1 rings (SSSR count). The van der Waals surface area contributed by atoms with Gasteiger partial charge in [-0.2, -0.15) is 0 Å². The summed E-state index contributed by atoms with van der Waals surface area (Å²) in [6.45, 7) is 16.3. The molecule has 2 nitrogen and oxygen atoms in total. The topological polar surface area (TPSA) is 26.3 Å². The summed E-state index contributed by atoms with van der Waals surface area (Å²) in [7, 11) is -1.75. The van der Waals surface area contributed by atoms with Gasteiger partial charge in [0.2, 0.25) is 0 Å². The Morgan fingerprint density at radius 2 is 1.57 bits per heavy atom. The molecule has 0 saturated heterocycles. The summed E-state index contributed by atoms with van der Waals surface area (Å²) >= 11 is 5.48. The van der Waals surface area contributed by atoms with E-state index in [9.17, 15) is 4.79 Å². The number of hydrogen-bond donors (Lipinski definition) is 0. The Bertz CT molecular complexity index is 499. The molecular formula is C17H27ClO2Si. The molecule has 0 aliphatic rings. The number of halogens is 1. The van der Waals surface area contributed by atoms with Gasteiger partial charge in [-0.15, -0.1) is 0 Å². The van der Waals surface area contributed by atoms with E-state index in [-0.39, 0.29) is 10.5 Å². The van der Waals surface area contributed by atoms with Crippen LogP contribution in [0.25, 0.3) is 0 Å². The van der Waals surface area contributed by atoms with Gasteiger partial charge in [0.05, 0.1) is 0 Å². The lowest BCUT2D eigenvalue weighted by Gasteiger charge is -2.39. The maximum absolute atomic E-state index is 11.1. The monoisotopic (exact) mass is 326 g/mol. The molecule has 0 unspecified atom stereocenters. The lowest BCUT2D eigenvalue weighted by Crippen LogP contribution is -2.43. The third-order valence-electron chi connectivity index (χ3n) is 4.49. The molecule has 0 bridgehead atoms. The Labute approximate surface area is 135 Å². The summed E-state index contributed by atoms with van der Waals surface area (Å²) in [5.74, 6) is 0. The molecule has 21 heavy (non-hydrogen) atoms. The number of carbonyl (C=O) groups excluding carboxylic acids is 1. The molecule has 0 atom stereocenters. The van der Waals surface area contributed by atoms with Crippen LogP contribution in [0.2, 0.25) is 18.1 Å². The van der Waals surface area contributed by atoms with Crippen molar-refractivity contribution in [2.45, 2.75) is 58.2 Å². The predicted molar refractivity (Wildman–Crippen MR) is 92.8 cm³/mol. The summed E-state index contributed by atoms with van der Waals surface area (Å²) in [6.07, 6.45) is 0. The number of carbonyl (C=O) groups is 1. The van der Waals surface area contributed by atoms with Crippen molar-refractivity contribution in [3.05, 3.63) is 35.4 Å². The van der Waals surface area contributed by atoms with Gasteiger partial charge in [0.1, 0.15) is 0 Å². The molecule has 4 heteroatoms. The van der Waals surface area contributed by atoms with Gasteiger partial charge in [0.15, 0.2) is 8.32 Å². The number of rotatable bonds is 5. The highest BCUT2D eigenvalue weighted by Crippen LogP contribution is 2.38. The maximum atomic E-state index is 11.1. The number of hydrogen-bond acceptors (Lipinski definition) is 2. The Morgan fingerprint density at radius 1 is 1.10 bits per heavy atom. The van der Waals surface area contributed by atoms with Crippen LogP contribution in [0.5, 0.6) is 0 Å². The van der Waals surface area contributed by atoms with Crippen LogP contribution in [0, 0.1) is 0 Å². The molecule has 118 valence electrons. The smallest absolute Gasteiger partial charge is 0.252 e. The normalized spacial score (nSPS) is 13.3. The van der Waals surface area contributed by atoms with Gasteiger partial charge in [-0.05, 0) is 47.4 Å². The van der Waals surface area contributed by atoms with E-state index < -0.39 is 13.6 Å². The van der Waals surface area contributed by atoms with Crippen LogP contribution in [0.1, 0.15) is 50.5 Å². The first-order valence-electron chi connectivity index (χ1n) is 7.31. The summed E-state index contributed by atoms with van der Waals surface area (Å²) in [4.78, 5) is 11.1. The van der Waals surface area contributed by atoms with E-state index in [0.717, 1.165) is 5.56 Å². The SMILES string of the molecule is CC(C)(CO[Si](C)(C)C(C)(C)C)c1ccc(C(=O)Cl)cc1. The average Bonchev–Trinajstić information content (AvgIpc) is 2.35. The van der Waals surface area contributed by atoms with Crippen molar-refractivity contribution >= 4 is 25.2 Å². The summed E-state index contributed by atoms with van der Waals surface area (Å²) < 4.78 is 6.34. The van der Waals surface area contributed by atoms with Crippen LogP contribution in [0.4, 0.5) is 0 Å². The van der Waals surface area contributed by atoms with E-state index in [1.165, 1.54) is 0 Å². The zero-order valence-corrected chi connectivity index (χ0v) is 16.0. The van der Waals surface area contributed by atoms with E-state index in [2.05, 4.69) is 47.7 Å². The first-order valence-corrected chi connectivity index (χ1v) is 10.6. The molecule has 1 aromatic rings. The minimum absolute atomic E-state index is 0.0938. The van der Waals surface area contributed by atoms with Crippen LogP contribution >= 0.6 is 11.6 Å². The number of benzene rings is 1. The van der Waals surface area contributed by atoms with Gasteiger partial charge in [0, 0.05) is 17.6 Å². The van der Waals surface area contributed by atoms with Crippen molar-refractivity contribution in [2.75, 3.05) is 6.61 Å². The zero-order chi connectivity index (χ0) is 16.5. The maximum Gasteiger partial charge on any atom is 0.252 e. The highest BCUT2D eigenvalue weighted by molar-refractivity contribution is 6.74. The van der Waals surface area contributed by atoms with Crippen molar-refractivity contribution in [3.8, 4) is 0 Å². The van der Waals surface area contributed by atoms with Crippen molar-refractivity contribution in [1.82, 2.24) is 0 Å². The van der Waals surface area contributed by atoms with Crippen LogP contribution in [0.15, 0.2) is 24.3 Å². The third kappa shape index (κ3) is 4.66. The molecule has 0 radical (unpaired) electrons. The Morgan fingerprint density at radius 3 is 1.95 bits per heavy atom. The van der Waals surface area contributed by atoms with E-state index in [0.29, 0.717) is 12.2 Å². The molecule has 1 aromatic carbocycles. The fraction of sp³-hybridized carbons (Fsp3) is 0.588. The standard InChI is InChI=1S/C17H27ClO2Si/c1-16(2,3)21(6,7)20-12-17(4,5)14-10-8-13(9-11-14)15(18)19/h8-11H,12H2,1-7H3. The highest BCUT2D eigenvalue weighted by Gasteiger charge is 2.38. The Hall–Kier alpha value is -0.643. The van der Waals surface area contributed by atoms with Crippen molar-refractivity contribution in [2.24, 2.45) is 0 Å². The van der Waals surface area contributed by atoms with Gasteiger partial charge >= 0.3 is 0 Å². The second-order valence-corrected chi connectivity index (χ2v) is 12.9. The molecule has 0 N–H and O–H groups in total. The first-order chi connectivity index (χ1) is 9.37. The minimum Gasteiger partial charge on any atom is -0.416 e. The fourth-order valence-corrected chi connectivity index (χ4v) is 2.99. The van der Waals surface area contributed by atoms with Gasteiger partial charge < -0.3 is 4.43 Å². The van der Waals surface area contributed by atoms with E-state index in [4.69, 9.17) is 16.0 Å². The van der Waals surface area contributed by atoms with Crippen molar-refractivity contribution in [3.63, 3.8) is 0 Å². The molecule has 0 fully saturated rings. The van der Waals surface area contributed by atoms with Crippen LogP contribution in [-0.4, -0.2) is 20.2 Å². The first kappa shape index (κ1) is 18.4. The van der Waals surface area contributed by atoms with Gasteiger partial charge in [-0.25, -0.2) is 0 Å². The average molecular weight is 327 g/mol. The summed E-state index contributed by atoms with van der Waals surface area (Å²) in [6, 6.07) is 7.48. The van der Waals surface area contributed by atoms with Crippen LogP contribution < -0.4 is 0 Å². The second-order valence-electron chi connectivity index (χ2n) is 7.78. The zero-order valence-electron chi connectivity index (χ0n) is 14.2. The third-order valence-corrected chi connectivity index (χ3v) is 9.19. The van der Waals surface area contributed by atoms with E-state index >= 15 is 0 Å². The minimum atomic E-state index is -1.75. The van der Waals surface area contributed by atoms with Crippen LogP contribution in [-0.2, 0) is 9.84 Å². The molecule has 0 spiro atoms. The van der Waals surface area contributed by atoms with E-state index in [1.807, 2.05) is 12.1 Å². The van der Waals surface area contributed by atoms with Crippen LogP contribution in [0.3, 0.4) is 0 Å². The van der Waals surface area contributed by atoms with E-state index in [1.54, 1.807) is 12.1 Å². The predicted octanol–water partition coefficient (Wildman–Crippen LogP) is 5.37. The fourth-order valence-electron chi connectivity index (χ4n) is 1.71. The largest absolute Gasteiger partial charge is 0.416 e. The second kappa shape index (κ2) is 6.23. The summed E-state index contributed by atoms with van der Waals surface area (Å²) in [5.41, 5.74) is 1.59. The van der Waals surface area contributed by atoms with Gasteiger partial charge in [0.25, 0.3) is 5.24 Å². The molecule has 0 aromatic heterocycles. The van der Waals surface area contributed by atoms with Crippen molar-refractivity contribution < 1.29 is 9.22 Å². The summed E-state index contributed by atoms with van der Waals surface area (Å²) in [5, 5.41) is -0.213. The lowest BCUT2D eigenvalue weighted by atomic mass is 9.85. The van der Waals surface area contributed by atoms with Gasteiger partial charge in [-0.1, -0.05) is 46.8 Å². The molecule has 0 heterocycles. The molecular weight excluding hydrogens is 300 g/mol. The molecule has 0 aliphatic carbocycles. The van der Waals surface area contributed by atoms with Crippen molar-refractivity contribution in [1.29, 1.82) is 0 Å². The Kier molecular flexibility index (Phi) is 5.46. The molecule has 0 saturated carbocycles. The van der Waals surface area contributed by atoms with Gasteiger partial charge in [-0.3, -0.25) is 4.79 Å². The molecule has 0 amide bonds. The Balaban J connectivity index is 2.84. The quantitative estimate of drug-likeness (QED) is 0.537.